The molecule has 0 unspecified atom stereocenters. The summed E-state index contributed by atoms with van der Waals surface area (Å²) in [5, 5.41) is 7.51. The van der Waals surface area contributed by atoms with Crippen molar-refractivity contribution in [3.8, 4) is 0 Å². The summed E-state index contributed by atoms with van der Waals surface area (Å²) in [4.78, 5) is 26.8. The van der Waals surface area contributed by atoms with Crippen molar-refractivity contribution in [2.45, 2.75) is 20.3 Å². The van der Waals surface area contributed by atoms with Gasteiger partial charge >= 0.3 is 0 Å². The van der Waals surface area contributed by atoms with Crippen LogP contribution in [0.1, 0.15) is 15.6 Å². The van der Waals surface area contributed by atoms with E-state index >= 15 is 0 Å². The molecule has 0 radical (unpaired) electrons. The van der Waals surface area contributed by atoms with Gasteiger partial charge in [-0.05, 0) is 26.0 Å². The Morgan fingerprint density at radius 3 is 2.48 bits per heavy atom. The van der Waals surface area contributed by atoms with E-state index in [9.17, 15) is 4.79 Å². The average molecular weight is 415 g/mol. The van der Waals surface area contributed by atoms with E-state index in [0.717, 1.165) is 49.8 Å². The predicted molar refractivity (Wildman–Crippen MR) is 120 cm³/mol. The number of aromatic nitrogens is 1. The minimum atomic E-state index is 0.104. The largest absolute Gasteiger partial charge is 0.368 e. The Kier molecular flexibility index (Phi) is 7.46. The van der Waals surface area contributed by atoms with Crippen LogP contribution in [0.2, 0.25) is 0 Å². The van der Waals surface area contributed by atoms with Crippen molar-refractivity contribution in [1.29, 1.82) is 0 Å². The number of carbonyl (C=O) groups is 1. The van der Waals surface area contributed by atoms with Gasteiger partial charge in [0.1, 0.15) is 0 Å². The molecule has 0 aliphatic carbocycles. The van der Waals surface area contributed by atoms with E-state index in [2.05, 4.69) is 44.6 Å². The second-order valence-corrected chi connectivity index (χ2v) is 8.34. The second kappa shape index (κ2) is 10.2. The maximum absolute atomic E-state index is 12.6. The maximum Gasteiger partial charge on any atom is 0.242 e. The van der Waals surface area contributed by atoms with Crippen molar-refractivity contribution in [2.75, 3.05) is 51.2 Å². The van der Waals surface area contributed by atoms with Crippen LogP contribution >= 0.6 is 11.3 Å². The van der Waals surface area contributed by atoms with Gasteiger partial charge in [0.25, 0.3) is 0 Å². The smallest absolute Gasteiger partial charge is 0.242 e. The first-order chi connectivity index (χ1) is 14.1. The number of aliphatic imine (C=N–C) groups is 1. The lowest BCUT2D eigenvalue weighted by molar-refractivity contribution is -0.130. The Morgan fingerprint density at radius 2 is 1.86 bits per heavy atom. The van der Waals surface area contributed by atoms with Crippen molar-refractivity contribution < 1.29 is 4.79 Å². The summed E-state index contributed by atoms with van der Waals surface area (Å²) in [6, 6.07) is 10.3. The average Bonchev–Trinajstić information content (AvgIpc) is 3.08. The molecule has 2 heterocycles. The molecule has 1 aliphatic heterocycles. The van der Waals surface area contributed by atoms with Crippen molar-refractivity contribution >= 4 is 28.9 Å². The number of thiazole rings is 1. The number of nitrogens with zero attached hydrogens (tertiary/aromatic N) is 4. The molecule has 0 spiro atoms. The summed E-state index contributed by atoms with van der Waals surface area (Å²) in [6.07, 6.45) is 0.843. The maximum atomic E-state index is 12.6. The molecule has 2 N–H and O–H groups in total. The minimum absolute atomic E-state index is 0.104. The van der Waals surface area contributed by atoms with Crippen LogP contribution in [-0.2, 0) is 11.2 Å². The van der Waals surface area contributed by atoms with Gasteiger partial charge in [-0.25, -0.2) is 4.98 Å². The van der Waals surface area contributed by atoms with Gasteiger partial charge in [-0.3, -0.25) is 9.79 Å². The summed E-state index contributed by atoms with van der Waals surface area (Å²) in [5.41, 5.74) is 2.32. The summed E-state index contributed by atoms with van der Waals surface area (Å²) in [7, 11) is 1.72. The fourth-order valence-electron chi connectivity index (χ4n) is 3.28. The fourth-order valence-corrected chi connectivity index (χ4v) is 4.21. The first kappa shape index (κ1) is 21.1. The first-order valence-corrected chi connectivity index (χ1v) is 10.8. The predicted octanol–water partition coefficient (Wildman–Crippen LogP) is 1.82. The van der Waals surface area contributed by atoms with Crippen molar-refractivity contribution in [2.24, 2.45) is 4.99 Å². The lowest BCUT2D eigenvalue weighted by Crippen LogP contribution is -2.52. The molecule has 1 aromatic heterocycles. The molecular formula is C21H30N6OS. The molecule has 2 aromatic rings. The van der Waals surface area contributed by atoms with Crippen molar-refractivity contribution in [1.82, 2.24) is 20.5 Å². The summed E-state index contributed by atoms with van der Waals surface area (Å²) < 4.78 is 0. The number of rotatable bonds is 6. The topological polar surface area (TPSA) is 72.9 Å². The molecule has 0 bridgehead atoms. The highest BCUT2D eigenvalue weighted by atomic mass is 32.1. The summed E-state index contributed by atoms with van der Waals surface area (Å²) >= 11 is 1.73. The molecule has 1 fully saturated rings. The van der Waals surface area contributed by atoms with Crippen LogP contribution in [0.25, 0.3) is 0 Å². The van der Waals surface area contributed by atoms with Crippen LogP contribution in [0.5, 0.6) is 0 Å². The highest BCUT2D eigenvalue weighted by Gasteiger charge is 2.21. The van der Waals surface area contributed by atoms with Crippen molar-refractivity contribution in [3.63, 3.8) is 0 Å². The number of nitrogens with one attached hydrogen (secondary N) is 2. The molecule has 1 amide bonds. The van der Waals surface area contributed by atoms with E-state index in [1.165, 1.54) is 10.6 Å². The number of para-hydroxylation sites is 1. The standard InChI is InChI=1S/C21H30N6OS/c1-16-17(2)29-19(25-16)9-10-23-21(22-3)24-15-20(28)27-13-11-26(12-14-27)18-7-5-4-6-8-18/h4-8H,9-15H2,1-3H3,(H2,22,23,24). The third-order valence-corrected chi connectivity index (χ3v) is 6.22. The highest BCUT2D eigenvalue weighted by molar-refractivity contribution is 7.11. The second-order valence-electron chi connectivity index (χ2n) is 7.06. The van der Waals surface area contributed by atoms with Gasteiger partial charge in [0.2, 0.25) is 5.91 Å². The summed E-state index contributed by atoms with van der Waals surface area (Å²) in [5.74, 6) is 0.748. The number of hydrogen-bond acceptors (Lipinski definition) is 5. The lowest BCUT2D eigenvalue weighted by Gasteiger charge is -2.36. The molecule has 156 valence electrons. The van der Waals surface area contributed by atoms with Gasteiger partial charge in [0, 0.05) is 56.8 Å². The van der Waals surface area contributed by atoms with Crippen LogP contribution in [-0.4, -0.2) is 68.1 Å². The molecule has 3 rings (SSSR count). The Bertz CT molecular complexity index is 807. The molecule has 29 heavy (non-hydrogen) atoms. The normalized spacial score (nSPS) is 14.8. The number of benzene rings is 1. The van der Waals surface area contributed by atoms with Gasteiger partial charge < -0.3 is 20.4 Å². The zero-order valence-corrected chi connectivity index (χ0v) is 18.3. The Balaban J connectivity index is 1.37. The van der Waals surface area contributed by atoms with E-state index in [4.69, 9.17) is 0 Å². The number of piperazine rings is 1. The number of amides is 1. The van der Waals surface area contributed by atoms with Crippen LogP contribution in [0, 0.1) is 13.8 Å². The molecule has 8 heteroatoms. The molecule has 7 nitrogen and oxygen atoms in total. The van der Waals surface area contributed by atoms with E-state index in [-0.39, 0.29) is 12.5 Å². The molecule has 0 atom stereocenters. The molecule has 1 saturated heterocycles. The van der Waals surface area contributed by atoms with Crippen LogP contribution in [0.15, 0.2) is 35.3 Å². The zero-order chi connectivity index (χ0) is 20.6. The summed E-state index contributed by atoms with van der Waals surface area (Å²) in [6.45, 7) is 8.31. The van der Waals surface area contributed by atoms with Gasteiger partial charge in [0.15, 0.2) is 5.96 Å². The molecule has 1 aliphatic rings. The number of carbonyl (C=O) groups excluding carboxylic acids is 1. The molecular weight excluding hydrogens is 384 g/mol. The van der Waals surface area contributed by atoms with Gasteiger partial charge in [0.05, 0.1) is 17.2 Å². The van der Waals surface area contributed by atoms with Gasteiger partial charge in [-0.2, -0.15) is 0 Å². The Morgan fingerprint density at radius 1 is 1.14 bits per heavy atom. The van der Waals surface area contributed by atoms with Gasteiger partial charge in [-0.15, -0.1) is 11.3 Å². The number of aryl methyl sites for hydroxylation is 2. The van der Waals surface area contributed by atoms with E-state index in [1.54, 1.807) is 18.4 Å². The first-order valence-electron chi connectivity index (χ1n) is 10.0. The van der Waals surface area contributed by atoms with E-state index in [1.807, 2.05) is 30.0 Å². The third-order valence-electron chi connectivity index (χ3n) is 5.09. The molecule has 0 saturated carbocycles. The number of hydrogen-bond donors (Lipinski definition) is 2. The van der Waals surface area contributed by atoms with Crippen LogP contribution < -0.4 is 15.5 Å². The monoisotopic (exact) mass is 414 g/mol. The van der Waals surface area contributed by atoms with E-state index in [0.29, 0.717) is 5.96 Å². The Hall–Kier alpha value is -2.61. The lowest BCUT2D eigenvalue weighted by atomic mass is 10.2. The van der Waals surface area contributed by atoms with Crippen LogP contribution in [0.3, 0.4) is 0 Å². The highest BCUT2D eigenvalue weighted by Crippen LogP contribution is 2.16. The van der Waals surface area contributed by atoms with Gasteiger partial charge in [-0.1, -0.05) is 18.2 Å². The fraction of sp³-hybridized carbons (Fsp3) is 0.476. The minimum Gasteiger partial charge on any atom is -0.368 e. The van der Waals surface area contributed by atoms with E-state index < -0.39 is 0 Å². The Labute approximate surface area is 176 Å². The number of anilines is 1. The third kappa shape index (κ3) is 5.93. The zero-order valence-electron chi connectivity index (χ0n) is 17.4. The quantitative estimate of drug-likeness (QED) is 0.557. The van der Waals surface area contributed by atoms with Crippen molar-refractivity contribution in [3.05, 3.63) is 45.9 Å². The van der Waals surface area contributed by atoms with Crippen LogP contribution in [0.4, 0.5) is 5.69 Å². The SMILES string of the molecule is CN=C(NCCc1nc(C)c(C)s1)NCC(=O)N1CCN(c2ccccc2)CC1. The molecule has 1 aromatic carbocycles. The number of guanidine groups is 1.